The van der Waals surface area contributed by atoms with Crippen LogP contribution in [0.15, 0.2) is 21.2 Å². The second-order valence-corrected chi connectivity index (χ2v) is 3.14. The molecule has 0 aliphatic carbocycles. The molecule has 0 aliphatic heterocycles. The Morgan fingerprint density at radius 1 is 1.67 bits per heavy atom. The molecule has 0 radical (unpaired) electrons. The van der Waals surface area contributed by atoms with E-state index in [0.717, 1.165) is 0 Å². The van der Waals surface area contributed by atoms with Gasteiger partial charge in [-0.25, -0.2) is 0 Å². The van der Waals surface area contributed by atoms with Gasteiger partial charge in [-0.2, -0.15) is 0 Å². The zero-order chi connectivity index (χ0) is 9.14. The van der Waals surface area contributed by atoms with Crippen molar-refractivity contribution < 1.29 is 9.21 Å². The monoisotopic (exact) mass is 248 g/mol. The van der Waals surface area contributed by atoms with Gasteiger partial charge < -0.3 is 10.2 Å². The van der Waals surface area contributed by atoms with Crippen molar-refractivity contribution in [1.82, 2.24) is 5.32 Å². The standard InChI is InChI=1S/C6H5BrN2O2S/c7-4-2-1-3(11-4)5(10)9-6(8)12/h1-2H,(H3,8,9,10,12). The first-order valence-corrected chi connectivity index (χ1v) is 4.16. The second kappa shape index (κ2) is 3.68. The normalized spacial score (nSPS) is 9.42. The number of nitrogens with two attached hydrogens (primary N) is 1. The van der Waals surface area contributed by atoms with Crippen LogP contribution in [-0.4, -0.2) is 11.0 Å². The fraction of sp³-hybridized carbons (Fsp3) is 0. The molecule has 0 bridgehead atoms. The zero-order valence-corrected chi connectivity index (χ0v) is 8.24. The van der Waals surface area contributed by atoms with E-state index in [1.165, 1.54) is 6.07 Å². The number of rotatable bonds is 1. The van der Waals surface area contributed by atoms with E-state index in [1.54, 1.807) is 6.07 Å². The van der Waals surface area contributed by atoms with Crippen LogP contribution in [0.2, 0.25) is 0 Å². The molecule has 4 nitrogen and oxygen atoms in total. The maximum atomic E-state index is 11.1. The lowest BCUT2D eigenvalue weighted by atomic mass is 10.4. The van der Waals surface area contributed by atoms with Gasteiger partial charge in [-0.15, -0.1) is 0 Å². The van der Waals surface area contributed by atoms with E-state index in [1.807, 2.05) is 0 Å². The average molecular weight is 249 g/mol. The summed E-state index contributed by atoms with van der Waals surface area (Å²) >= 11 is 7.53. The van der Waals surface area contributed by atoms with Gasteiger partial charge in [0.15, 0.2) is 15.5 Å². The van der Waals surface area contributed by atoms with Gasteiger partial charge in [0, 0.05) is 0 Å². The largest absolute Gasteiger partial charge is 0.444 e. The Morgan fingerprint density at radius 2 is 2.33 bits per heavy atom. The lowest BCUT2D eigenvalue weighted by Crippen LogP contribution is -2.34. The molecule has 0 atom stereocenters. The maximum Gasteiger partial charge on any atom is 0.293 e. The highest BCUT2D eigenvalue weighted by Crippen LogP contribution is 2.13. The summed E-state index contributed by atoms with van der Waals surface area (Å²) in [5, 5.41) is 2.15. The quantitative estimate of drug-likeness (QED) is 0.729. The number of hydrogen-bond acceptors (Lipinski definition) is 3. The molecule has 0 saturated heterocycles. The average Bonchev–Trinajstić information content (AvgIpc) is 2.34. The lowest BCUT2D eigenvalue weighted by Gasteiger charge is -1.97. The number of thiocarbonyl (C=S) groups is 1. The lowest BCUT2D eigenvalue weighted by molar-refractivity contribution is 0.0949. The number of halogens is 1. The molecule has 1 heterocycles. The summed E-state index contributed by atoms with van der Waals surface area (Å²) in [6.07, 6.45) is 0. The Labute approximate surface area is 82.2 Å². The van der Waals surface area contributed by atoms with E-state index >= 15 is 0 Å². The number of carbonyl (C=O) groups excluding carboxylic acids is 1. The van der Waals surface area contributed by atoms with Gasteiger partial charge >= 0.3 is 0 Å². The zero-order valence-electron chi connectivity index (χ0n) is 5.83. The van der Waals surface area contributed by atoms with E-state index in [4.69, 9.17) is 10.2 Å². The van der Waals surface area contributed by atoms with Crippen LogP contribution in [0, 0.1) is 0 Å². The van der Waals surface area contributed by atoms with Crippen LogP contribution in [0.3, 0.4) is 0 Å². The van der Waals surface area contributed by atoms with Crippen LogP contribution < -0.4 is 11.1 Å². The van der Waals surface area contributed by atoms with Crippen molar-refractivity contribution in [2.24, 2.45) is 5.73 Å². The minimum Gasteiger partial charge on any atom is -0.444 e. The number of carbonyl (C=O) groups is 1. The van der Waals surface area contributed by atoms with Gasteiger partial charge in [-0.05, 0) is 40.3 Å². The molecule has 1 amide bonds. The van der Waals surface area contributed by atoms with Gasteiger partial charge in [0.25, 0.3) is 5.91 Å². The molecule has 6 heteroatoms. The molecule has 0 spiro atoms. The first-order chi connectivity index (χ1) is 5.59. The molecule has 0 aliphatic rings. The molecule has 64 valence electrons. The van der Waals surface area contributed by atoms with E-state index in [2.05, 4.69) is 33.5 Å². The van der Waals surface area contributed by atoms with Gasteiger partial charge in [-0.3, -0.25) is 10.1 Å². The molecular formula is C6H5BrN2O2S. The number of furan rings is 1. The Balaban J connectivity index is 2.72. The summed E-state index contributed by atoms with van der Waals surface area (Å²) in [5.41, 5.74) is 5.08. The van der Waals surface area contributed by atoms with Crippen molar-refractivity contribution >= 4 is 39.2 Å². The maximum absolute atomic E-state index is 11.1. The molecule has 0 aromatic carbocycles. The summed E-state index contributed by atoms with van der Waals surface area (Å²) in [7, 11) is 0. The van der Waals surface area contributed by atoms with Crippen molar-refractivity contribution in [3.05, 3.63) is 22.6 Å². The Kier molecular flexibility index (Phi) is 2.83. The summed E-state index contributed by atoms with van der Waals surface area (Å²) in [5.74, 6) is -0.289. The molecule has 0 saturated carbocycles. The van der Waals surface area contributed by atoms with E-state index in [0.29, 0.717) is 4.67 Å². The van der Waals surface area contributed by atoms with Gasteiger partial charge in [0.1, 0.15) is 0 Å². The predicted octanol–water partition coefficient (Wildman–Crippen LogP) is 1.02. The molecule has 0 unspecified atom stereocenters. The molecule has 1 aromatic rings. The molecule has 1 aromatic heterocycles. The third kappa shape index (κ3) is 2.31. The fourth-order valence-electron chi connectivity index (χ4n) is 0.610. The third-order valence-corrected chi connectivity index (χ3v) is 1.56. The van der Waals surface area contributed by atoms with Crippen LogP contribution in [-0.2, 0) is 0 Å². The SMILES string of the molecule is NC(=S)NC(=O)c1ccc(Br)o1. The first-order valence-electron chi connectivity index (χ1n) is 2.95. The van der Waals surface area contributed by atoms with Crippen LogP contribution in [0.25, 0.3) is 0 Å². The minimum atomic E-state index is -0.451. The smallest absolute Gasteiger partial charge is 0.293 e. The van der Waals surface area contributed by atoms with Crippen molar-refractivity contribution in [2.75, 3.05) is 0 Å². The van der Waals surface area contributed by atoms with Crippen LogP contribution in [0.5, 0.6) is 0 Å². The number of nitrogens with one attached hydrogen (secondary N) is 1. The van der Waals surface area contributed by atoms with E-state index < -0.39 is 5.91 Å². The van der Waals surface area contributed by atoms with Crippen molar-refractivity contribution in [1.29, 1.82) is 0 Å². The molecule has 3 N–H and O–H groups in total. The third-order valence-electron chi connectivity index (χ3n) is 1.03. The summed E-state index contributed by atoms with van der Waals surface area (Å²) < 4.78 is 5.42. The van der Waals surface area contributed by atoms with Crippen LogP contribution in [0.4, 0.5) is 0 Å². The number of amides is 1. The predicted molar refractivity (Wildman–Crippen MR) is 50.7 cm³/mol. The van der Waals surface area contributed by atoms with Gasteiger partial charge in [0.2, 0.25) is 0 Å². The number of hydrogen-bond donors (Lipinski definition) is 2. The minimum absolute atomic E-state index is 0.0764. The second-order valence-electron chi connectivity index (χ2n) is 1.92. The highest BCUT2D eigenvalue weighted by atomic mass is 79.9. The van der Waals surface area contributed by atoms with Crippen LogP contribution in [0.1, 0.15) is 10.6 Å². The highest BCUT2D eigenvalue weighted by Gasteiger charge is 2.09. The summed E-state index contributed by atoms with van der Waals surface area (Å²) in [6, 6.07) is 3.12. The van der Waals surface area contributed by atoms with Crippen molar-refractivity contribution in [3.63, 3.8) is 0 Å². The molecule has 1 rings (SSSR count). The first kappa shape index (κ1) is 9.21. The van der Waals surface area contributed by atoms with Gasteiger partial charge in [0.05, 0.1) is 0 Å². The van der Waals surface area contributed by atoms with Crippen molar-refractivity contribution in [2.45, 2.75) is 0 Å². The fourth-order valence-corrected chi connectivity index (χ4v) is 1.01. The topological polar surface area (TPSA) is 68.3 Å². The molecule has 0 fully saturated rings. The van der Waals surface area contributed by atoms with Gasteiger partial charge in [-0.1, -0.05) is 0 Å². The summed E-state index contributed by atoms with van der Waals surface area (Å²) in [4.78, 5) is 11.1. The van der Waals surface area contributed by atoms with Crippen molar-refractivity contribution in [3.8, 4) is 0 Å². The van der Waals surface area contributed by atoms with Crippen LogP contribution >= 0.6 is 28.1 Å². The Bertz CT molecular complexity index is 323. The molecule has 12 heavy (non-hydrogen) atoms. The molecular weight excluding hydrogens is 244 g/mol. The van der Waals surface area contributed by atoms with E-state index in [9.17, 15) is 4.79 Å². The van der Waals surface area contributed by atoms with E-state index in [-0.39, 0.29) is 10.9 Å². The Hall–Kier alpha value is -0.880. The summed E-state index contributed by atoms with van der Waals surface area (Å²) in [6.45, 7) is 0. The highest BCUT2D eigenvalue weighted by molar-refractivity contribution is 9.10. The Morgan fingerprint density at radius 3 is 2.75 bits per heavy atom.